The van der Waals surface area contributed by atoms with Gasteiger partial charge in [0.25, 0.3) is 0 Å². The van der Waals surface area contributed by atoms with Crippen LogP contribution in [0.3, 0.4) is 0 Å². The maximum Gasteiger partial charge on any atom is 0.233 e. The van der Waals surface area contributed by atoms with Crippen molar-refractivity contribution in [3.05, 3.63) is 71.3 Å². The van der Waals surface area contributed by atoms with Gasteiger partial charge in [0.2, 0.25) is 5.91 Å². The zero-order chi connectivity index (χ0) is 17.4. The maximum atomic E-state index is 12.5. The van der Waals surface area contributed by atoms with Crippen molar-refractivity contribution >= 4 is 17.7 Å². The Morgan fingerprint density at radius 1 is 1.08 bits per heavy atom. The van der Waals surface area contributed by atoms with Gasteiger partial charge in [0.1, 0.15) is 0 Å². The lowest BCUT2D eigenvalue weighted by Crippen LogP contribution is -2.37. The van der Waals surface area contributed by atoms with Gasteiger partial charge in [0.05, 0.1) is 17.4 Å². The van der Waals surface area contributed by atoms with Gasteiger partial charge in [-0.25, -0.2) is 0 Å². The van der Waals surface area contributed by atoms with Crippen LogP contribution in [-0.2, 0) is 17.1 Å². The van der Waals surface area contributed by atoms with E-state index >= 15 is 0 Å². The Bertz CT molecular complexity index is 690. The SMILES string of the molecule is CC(C)N(Cc1ccccc1)C(=O)CSCc1ccc(C#N)cc1. The summed E-state index contributed by atoms with van der Waals surface area (Å²) in [5.74, 6) is 1.40. The Balaban J connectivity index is 1.87. The van der Waals surface area contributed by atoms with Crippen molar-refractivity contribution < 1.29 is 4.79 Å². The van der Waals surface area contributed by atoms with Crippen molar-refractivity contribution in [2.24, 2.45) is 0 Å². The van der Waals surface area contributed by atoms with E-state index in [9.17, 15) is 4.79 Å². The molecule has 0 saturated heterocycles. The first-order chi connectivity index (χ1) is 11.6. The first-order valence-corrected chi connectivity index (χ1v) is 9.16. The molecule has 0 aliphatic heterocycles. The molecule has 0 aliphatic carbocycles. The van der Waals surface area contributed by atoms with E-state index in [4.69, 9.17) is 5.26 Å². The predicted octanol–water partition coefficient (Wildman–Crippen LogP) is 4.23. The van der Waals surface area contributed by atoms with Crippen LogP contribution in [0.25, 0.3) is 0 Å². The quantitative estimate of drug-likeness (QED) is 0.759. The molecule has 2 aromatic carbocycles. The molecule has 0 fully saturated rings. The molecule has 0 N–H and O–H groups in total. The van der Waals surface area contributed by atoms with E-state index in [0.29, 0.717) is 17.9 Å². The second kappa shape index (κ2) is 9.14. The summed E-state index contributed by atoms with van der Waals surface area (Å²) in [5, 5.41) is 8.81. The second-order valence-corrected chi connectivity index (χ2v) is 6.89. The average Bonchev–Trinajstić information content (AvgIpc) is 2.60. The molecule has 1 amide bonds. The van der Waals surface area contributed by atoms with Gasteiger partial charge in [-0.05, 0) is 37.1 Å². The molecule has 0 unspecified atom stereocenters. The molecule has 0 heterocycles. The van der Waals surface area contributed by atoms with Gasteiger partial charge in [-0.2, -0.15) is 5.26 Å². The molecular weight excluding hydrogens is 316 g/mol. The third-order valence-electron chi connectivity index (χ3n) is 3.72. The molecule has 0 radical (unpaired) electrons. The molecule has 0 atom stereocenters. The van der Waals surface area contributed by atoms with Crippen molar-refractivity contribution in [3.8, 4) is 6.07 Å². The van der Waals surface area contributed by atoms with Crippen molar-refractivity contribution in [1.82, 2.24) is 4.90 Å². The average molecular weight is 338 g/mol. The minimum atomic E-state index is 0.160. The second-order valence-electron chi connectivity index (χ2n) is 5.90. The topological polar surface area (TPSA) is 44.1 Å². The van der Waals surface area contributed by atoms with Crippen LogP contribution >= 0.6 is 11.8 Å². The number of amides is 1. The lowest BCUT2D eigenvalue weighted by Gasteiger charge is -2.27. The Labute approximate surface area is 148 Å². The zero-order valence-corrected chi connectivity index (χ0v) is 14.9. The smallest absolute Gasteiger partial charge is 0.233 e. The third-order valence-corrected chi connectivity index (χ3v) is 4.71. The fourth-order valence-corrected chi connectivity index (χ4v) is 3.22. The van der Waals surface area contributed by atoms with Gasteiger partial charge in [-0.3, -0.25) is 4.79 Å². The third kappa shape index (κ3) is 5.43. The number of rotatable bonds is 7. The number of carbonyl (C=O) groups excluding carboxylic acids is 1. The summed E-state index contributed by atoms with van der Waals surface area (Å²) in [6, 6.07) is 19.9. The van der Waals surface area contributed by atoms with Crippen molar-refractivity contribution in [3.63, 3.8) is 0 Å². The molecule has 0 aliphatic rings. The van der Waals surface area contributed by atoms with Gasteiger partial charge in [0.15, 0.2) is 0 Å². The van der Waals surface area contributed by atoms with Gasteiger partial charge in [-0.1, -0.05) is 42.5 Å². The van der Waals surface area contributed by atoms with Gasteiger partial charge in [-0.15, -0.1) is 11.8 Å². The highest BCUT2D eigenvalue weighted by molar-refractivity contribution is 7.99. The van der Waals surface area contributed by atoms with E-state index in [-0.39, 0.29) is 11.9 Å². The number of hydrogen-bond acceptors (Lipinski definition) is 3. The minimum absolute atomic E-state index is 0.160. The van der Waals surface area contributed by atoms with Crippen LogP contribution < -0.4 is 0 Å². The van der Waals surface area contributed by atoms with Crippen LogP contribution in [-0.4, -0.2) is 22.6 Å². The van der Waals surface area contributed by atoms with Crippen LogP contribution in [0, 0.1) is 11.3 Å². The number of thioether (sulfide) groups is 1. The molecular formula is C20H22N2OS. The Morgan fingerprint density at radius 3 is 2.33 bits per heavy atom. The number of hydrogen-bond donors (Lipinski definition) is 0. The van der Waals surface area contributed by atoms with Crippen molar-refractivity contribution in [2.75, 3.05) is 5.75 Å². The lowest BCUT2D eigenvalue weighted by molar-refractivity contribution is -0.130. The first kappa shape index (κ1) is 18.1. The largest absolute Gasteiger partial charge is 0.335 e. The van der Waals surface area contributed by atoms with Crippen LogP contribution in [0.2, 0.25) is 0 Å². The predicted molar refractivity (Wildman–Crippen MR) is 99.4 cm³/mol. The number of benzene rings is 2. The highest BCUT2D eigenvalue weighted by Crippen LogP contribution is 2.16. The monoisotopic (exact) mass is 338 g/mol. The zero-order valence-electron chi connectivity index (χ0n) is 14.1. The fourth-order valence-electron chi connectivity index (χ4n) is 2.35. The van der Waals surface area contributed by atoms with Crippen LogP contribution in [0.15, 0.2) is 54.6 Å². The minimum Gasteiger partial charge on any atom is -0.335 e. The van der Waals surface area contributed by atoms with E-state index in [1.165, 1.54) is 0 Å². The number of nitriles is 1. The van der Waals surface area contributed by atoms with Gasteiger partial charge >= 0.3 is 0 Å². The molecule has 0 saturated carbocycles. The lowest BCUT2D eigenvalue weighted by atomic mass is 10.2. The molecule has 0 spiro atoms. The van der Waals surface area contributed by atoms with Crippen LogP contribution in [0.5, 0.6) is 0 Å². The summed E-state index contributed by atoms with van der Waals surface area (Å²) in [6.07, 6.45) is 0. The van der Waals surface area contributed by atoms with Crippen molar-refractivity contribution in [1.29, 1.82) is 5.26 Å². The van der Waals surface area contributed by atoms with Crippen molar-refractivity contribution in [2.45, 2.75) is 32.2 Å². The summed E-state index contributed by atoms with van der Waals surface area (Å²) in [6.45, 7) is 4.74. The molecule has 24 heavy (non-hydrogen) atoms. The molecule has 4 heteroatoms. The molecule has 3 nitrogen and oxygen atoms in total. The normalized spacial score (nSPS) is 10.4. The van der Waals surface area contributed by atoms with E-state index < -0.39 is 0 Å². The van der Waals surface area contributed by atoms with E-state index in [0.717, 1.165) is 16.9 Å². The van der Waals surface area contributed by atoms with E-state index in [2.05, 4.69) is 6.07 Å². The van der Waals surface area contributed by atoms with Crippen LogP contribution in [0.1, 0.15) is 30.5 Å². The Hall–Kier alpha value is -2.25. The van der Waals surface area contributed by atoms with E-state index in [1.54, 1.807) is 11.8 Å². The molecule has 2 rings (SSSR count). The highest BCUT2D eigenvalue weighted by Gasteiger charge is 2.17. The molecule has 0 bridgehead atoms. The Kier molecular flexibility index (Phi) is 6.89. The summed E-state index contributed by atoms with van der Waals surface area (Å²) in [7, 11) is 0. The molecule has 124 valence electrons. The van der Waals surface area contributed by atoms with Gasteiger partial charge in [0, 0.05) is 18.3 Å². The van der Waals surface area contributed by atoms with Crippen LogP contribution in [0.4, 0.5) is 0 Å². The summed E-state index contributed by atoms with van der Waals surface area (Å²) in [5.41, 5.74) is 2.94. The molecule has 2 aromatic rings. The van der Waals surface area contributed by atoms with Gasteiger partial charge < -0.3 is 4.90 Å². The first-order valence-electron chi connectivity index (χ1n) is 8.00. The summed E-state index contributed by atoms with van der Waals surface area (Å²) >= 11 is 1.61. The molecule has 0 aromatic heterocycles. The highest BCUT2D eigenvalue weighted by atomic mass is 32.2. The number of nitrogens with zero attached hydrogens (tertiary/aromatic N) is 2. The van der Waals surface area contributed by atoms with E-state index in [1.807, 2.05) is 73.3 Å². The summed E-state index contributed by atoms with van der Waals surface area (Å²) < 4.78 is 0. The summed E-state index contributed by atoms with van der Waals surface area (Å²) in [4.78, 5) is 14.5. The maximum absolute atomic E-state index is 12.5. The number of carbonyl (C=O) groups is 1. The Morgan fingerprint density at radius 2 is 1.75 bits per heavy atom. The standard InChI is InChI=1S/C20H22N2OS/c1-16(2)22(13-18-6-4-3-5-7-18)20(23)15-24-14-19-10-8-17(12-21)9-11-19/h3-11,16H,13-15H2,1-2H3. The fraction of sp³-hybridized carbons (Fsp3) is 0.300.